The molecule has 2 fully saturated rings. The van der Waals surface area contributed by atoms with Crippen molar-refractivity contribution in [2.24, 2.45) is 11.7 Å². The van der Waals surface area contributed by atoms with Crippen LogP contribution in [-0.2, 0) is 14.3 Å². The molecule has 2 aliphatic rings. The summed E-state index contributed by atoms with van der Waals surface area (Å²) < 4.78 is 10.8. The first-order chi connectivity index (χ1) is 7.67. The van der Waals surface area contributed by atoms with Crippen LogP contribution in [-0.4, -0.2) is 30.8 Å². The summed E-state index contributed by atoms with van der Waals surface area (Å²) in [5.41, 5.74) is 6.00. The first-order valence-electron chi connectivity index (χ1n) is 6.23. The minimum atomic E-state index is -0.471. The quantitative estimate of drug-likeness (QED) is 0.736. The largest absolute Gasteiger partial charge is 0.465 e. The third kappa shape index (κ3) is 2.23. The van der Waals surface area contributed by atoms with Gasteiger partial charge in [-0.15, -0.1) is 0 Å². The van der Waals surface area contributed by atoms with E-state index in [1.807, 2.05) is 6.92 Å². The number of carbonyl (C=O) groups excluding carboxylic acids is 1. The molecule has 1 saturated carbocycles. The van der Waals surface area contributed by atoms with Crippen LogP contribution < -0.4 is 5.73 Å². The first kappa shape index (κ1) is 11.9. The normalized spacial score (nSPS) is 29.5. The highest BCUT2D eigenvalue weighted by atomic mass is 16.5. The lowest BCUT2D eigenvalue weighted by atomic mass is 9.70. The van der Waals surface area contributed by atoms with Gasteiger partial charge in [0.05, 0.1) is 12.2 Å². The summed E-state index contributed by atoms with van der Waals surface area (Å²) in [6.45, 7) is 2.95. The van der Waals surface area contributed by atoms with Gasteiger partial charge in [0, 0.05) is 6.61 Å². The maximum Gasteiger partial charge on any atom is 0.323 e. The van der Waals surface area contributed by atoms with Gasteiger partial charge in [-0.2, -0.15) is 0 Å². The number of esters is 1. The Balaban J connectivity index is 1.90. The van der Waals surface area contributed by atoms with E-state index in [1.54, 1.807) is 0 Å². The monoisotopic (exact) mass is 227 g/mol. The fourth-order valence-electron chi connectivity index (χ4n) is 2.72. The summed E-state index contributed by atoms with van der Waals surface area (Å²) in [6, 6.07) is -0.471. The van der Waals surface area contributed by atoms with Gasteiger partial charge in [-0.3, -0.25) is 4.79 Å². The van der Waals surface area contributed by atoms with Crippen molar-refractivity contribution >= 4 is 5.97 Å². The van der Waals surface area contributed by atoms with Crippen molar-refractivity contribution in [2.45, 2.75) is 50.7 Å². The third-order valence-electron chi connectivity index (χ3n) is 3.86. The van der Waals surface area contributed by atoms with Crippen LogP contribution in [0.15, 0.2) is 0 Å². The van der Waals surface area contributed by atoms with Gasteiger partial charge in [-0.05, 0) is 44.9 Å². The standard InChI is InChI=1S/C12H21NO3/c1-2-15-11(14)10(13)9-4-7-16-12(8-9)5-3-6-12/h9-10H,2-8,13H2,1H3. The van der Waals surface area contributed by atoms with E-state index in [2.05, 4.69) is 0 Å². The van der Waals surface area contributed by atoms with Crippen LogP contribution in [0.4, 0.5) is 0 Å². The molecule has 2 rings (SSSR count). The van der Waals surface area contributed by atoms with Crippen LogP contribution in [0.2, 0.25) is 0 Å². The van der Waals surface area contributed by atoms with Gasteiger partial charge in [0.25, 0.3) is 0 Å². The van der Waals surface area contributed by atoms with E-state index in [9.17, 15) is 4.79 Å². The second-order valence-electron chi connectivity index (χ2n) is 4.92. The Hall–Kier alpha value is -0.610. The first-order valence-corrected chi connectivity index (χ1v) is 6.23. The van der Waals surface area contributed by atoms with Crippen LogP contribution >= 0.6 is 0 Å². The summed E-state index contributed by atoms with van der Waals surface area (Å²) in [7, 11) is 0. The molecule has 2 unspecified atom stereocenters. The Labute approximate surface area is 96.5 Å². The Morgan fingerprint density at radius 2 is 2.38 bits per heavy atom. The van der Waals surface area contributed by atoms with Crippen LogP contribution in [0.1, 0.15) is 39.0 Å². The summed E-state index contributed by atoms with van der Waals surface area (Å²) in [6.07, 6.45) is 5.29. The van der Waals surface area contributed by atoms with Gasteiger partial charge in [0.15, 0.2) is 0 Å². The van der Waals surface area contributed by atoms with Crippen molar-refractivity contribution in [3.05, 3.63) is 0 Å². The van der Waals surface area contributed by atoms with E-state index in [1.165, 1.54) is 6.42 Å². The third-order valence-corrected chi connectivity index (χ3v) is 3.86. The molecule has 92 valence electrons. The number of hydrogen-bond donors (Lipinski definition) is 1. The average Bonchev–Trinajstić information content (AvgIpc) is 2.26. The van der Waals surface area contributed by atoms with E-state index < -0.39 is 6.04 Å². The van der Waals surface area contributed by atoms with Crippen molar-refractivity contribution in [2.75, 3.05) is 13.2 Å². The Morgan fingerprint density at radius 1 is 1.62 bits per heavy atom. The molecule has 1 aliphatic carbocycles. The molecule has 0 radical (unpaired) electrons. The number of hydrogen-bond acceptors (Lipinski definition) is 4. The molecule has 0 aromatic heterocycles. The highest BCUT2D eigenvalue weighted by molar-refractivity contribution is 5.75. The van der Waals surface area contributed by atoms with Gasteiger partial charge in [0.2, 0.25) is 0 Å². The summed E-state index contributed by atoms with van der Waals surface area (Å²) >= 11 is 0. The molecule has 2 atom stereocenters. The molecule has 1 aliphatic heterocycles. The fraction of sp³-hybridized carbons (Fsp3) is 0.917. The summed E-state index contributed by atoms with van der Waals surface area (Å²) in [5.74, 6) is -0.0306. The highest BCUT2D eigenvalue weighted by Gasteiger charge is 2.45. The van der Waals surface area contributed by atoms with Crippen LogP contribution in [0.5, 0.6) is 0 Å². The van der Waals surface area contributed by atoms with Gasteiger partial charge >= 0.3 is 5.97 Å². The maximum atomic E-state index is 11.6. The number of ether oxygens (including phenoxy) is 2. The molecule has 16 heavy (non-hydrogen) atoms. The van der Waals surface area contributed by atoms with Crippen LogP contribution in [0.3, 0.4) is 0 Å². The molecule has 4 nitrogen and oxygen atoms in total. The minimum Gasteiger partial charge on any atom is -0.465 e. The van der Waals surface area contributed by atoms with Crippen molar-refractivity contribution in [1.29, 1.82) is 0 Å². The molecule has 1 saturated heterocycles. The van der Waals surface area contributed by atoms with E-state index in [0.29, 0.717) is 6.61 Å². The molecular weight excluding hydrogens is 206 g/mol. The van der Waals surface area contributed by atoms with Crippen molar-refractivity contribution in [3.8, 4) is 0 Å². The van der Waals surface area contributed by atoms with E-state index in [4.69, 9.17) is 15.2 Å². The second-order valence-corrected chi connectivity index (χ2v) is 4.92. The van der Waals surface area contributed by atoms with Crippen molar-refractivity contribution in [3.63, 3.8) is 0 Å². The van der Waals surface area contributed by atoms with Gasteiger partial charge in [0.1, 0.15) is 6.04 Å². The van der Waals surface area contributed by atoms with Gasteiger partial charge in [-0.1, -0.05) is 0 Å². The topological polar surface area (TPSA) is 61.5 Å². The predicted octanol–water partition coefficient (Wildman–Crippen LogP) is 1.23. The molecule has 1 spiro atoms. The fourth-order valence-corrected chi connectivity index (χ4v) is 2.72. The lowest BCUT2D eigenvalue weighted by Crippen LogP contribution is -2.51. The van der Waals surface area contributed by atoms with Crippen LogP contribution in [0, 0.1) is 5.92 Å². The molecular formula is C12H21NO3. The second kappa shape index (κ2) is 4.72. The summed E-state index contributed by atoms with van der Waals surface area (Å²) in [4.78, 5) is 11.6. The molecule has 0 aromatic carbocycles. The Kier molecular flexibility index (Phi) is 3.50. The smallest absolute Gasteiger partial charge is 0.323 e. The molecule has 2 N–H and O–H groups in total. The van der Waals surface area contributed by atoms with Crippen molar-refractivity contribution < 1.29 is 14.3 Å². The maximum absolute atomic E-state index is 11.6. The molecule has 0 aromatic rings. The summed E-state index contributed by atoms with van der Waals surface area (Å²) in [5, 5.41) is 0. The molecule has 0 bridgehead atoms. The number of rotatable bonds is 3. The minimum absolute atomic E-state index is 0.0486. The molecule has 4 heteroatoms. The van der Waals surface area contributed by atoms with Gasteiger partial charge in [-0.25, -0.2) is 0 Å². The Bertz CT molecular complexity index is 263. The lowest BCUT2D eigenvalue weighted by molar-refractivity contribution is -0.159. The van der Waals surface area contributed by atoms with E-state index in [0.717, 1.165) is 32.3 Å². The number of nitrogens with two attached hydrogens (primary N) is 1. The zero-order valence-corrected chi connectivity index (χ0v) is 9.91. The average molecular weight is 227 g/mol. The predicted molar refractivity (Wildman–Crippen MR) is 59.9 cm³/mol. The van der Waals surface area contributed by atoms with E-state index in [-0.39, 0.29) is 17.5 Å². The highest BCUT2D eigenvalue weighted by Crippen LogP contribution is 2.44. The SMILES string of the molecule is CCOC(=O)C(N)C1CCOC2(CCC2)C1. The lowest BCUT2D eigenvalue weighted by Gasteiger charge is -2.48. The van der Waals surface area contributed by atoms with Crippen LogP contribution in [0.25, 0.3) is 0 Å². The molecule has 0 amide bonds. The Morgan fingerprint density at radius 3 is 2.94 bits per heavy atom. The van der Waals surface area contributed by atoms with Gasteiger partial charge < -0.3 is 15.2 Å². The number of carbonyl (C=O) groups is 1. The van der Waals surface area contributed by atoms with Crippen molar-refractivity contribution in [1.82, 2.24) is 0 Å². The molecule has 1 heterocycles. The zero-order chi connectivity index (χ0) is 11.6. The van der Waals surface area contributed by atoms with E-state index >= 15 is 0 Å². The zero-order valence-electron chi connectivity index (χ0n) is 9.91.